The van der Waals surface area contributed by atoms with E-state index >= 15 is 0 Å². The Kier molecular flexibility index (Phi) is 5.34. The van der Waals surface area contributed by atoms with Gasteiger partial charge in [-0.15, -0.1) is 0 Å². The molecule has 6 heteroatoms. The molecule has 0 radical (unpaired) electrons. The van der Waals surface area contributed by atoms with Gasteiger partial charge in [-0.2, -0.15) is 0 Å². The molecule has 29 heavy (non-hydrogen) atoms. The lowest BCUT2D eigenvalue weighted by atomic mass is 10.00. The number of rotatable bonds is 5. The third-order valence-electron chi connectivity index (χ3n) is 5.91. The largest absolute Gasteiger partial charge is 0.341 e. The van der Waals surface area contributed by atoms with E-state index in [1.54, 1.807) is 7.05 Å². The second kappa shape index (κ2) is 8.07. The number of carbonyl (C=O) groups excluding carboxylic acids is 3. The maximum absolute atomic E-state index is 12.6. The molecule has 0 bridgehead atoms. The van der Waals surface area contributed by atoms with Gasteiger partial charge in [-0.3, -0.25) is 9.59 Å². The van der Waals surface area contributed by atoms with Crippen LogP contribution < -0.4 is 16.0 Å². The molecule has 150 valence electrons. The van der Waals surface area contributed by atoms with Gasteiger partial charge >= 0.3 is 6.03 Å². The van der Waals surface area contributed by atoms with Crippen LogP contribution in [0, 0.1) is 11.8 Å². The average Bonchev–Trinajstić information content (AvgIpc) is 3.34. The SMILES string of the molecule is CNC(=O)NCC1Cc2ccc(NC(=O)C(=O)C3Cc4ccccc4C3)cc2C1. The Morgan fingerprint density at radius 1 is 0.897 bits per heavy atom. The van der Waals surface area contributed by atoms with Crippen molar-refractivity contribution in [3.63, 3.8) is 0 Å². The van der Waals surface area contributed by atoms with Crippen molar-refractivity contribution in [2.24, 2.45) is 11.8 Å². The van der Waals surface area contributed by atoms with Crippen molar-refractivity contribution in [2.75, 3.05) is 18.9 Å². The highest BCUT2D eigenvalue weighted by Crippen LogP contribution is 2.30. The van der Waals surface area contributed by atoms with Gasteiger partial charge in [0.05, 0.1) is 0 Å². The molecule has 0 spiro atoms. The van der Waals surface area contributed by atoms with Crippen molar-refractivity contribution in [2.45, 2.75) is 25.7 Å². The molecule has 2 aliphatic rings. The Balaban J connectivity index is 1.35. The number of ketones is 1. The Labute approximate surface area is 170 Å². The van der Waals surface area contributed by atoms with Crippen molar-refractivity contribution in [3.05, 3.63) is 64.7 Å². The van der Waals surface area contributed by atoms with Gasteiger partial charge in [0.2, 0.25) is 5.78 Å². The summed E-state index contributed by atoms with van der Waals surface area (Å²) in [7, 11) is 1.60. The van der Waals surface area contributed by atoms with E-state index in [2.05, 4.69) is 16.0 Å². The first-order chi connectivity index (χ1) is 14.0. The minimum absolute atomic E-state index is 0.179. The van der Waals surface area contributed by atoms with Gasteiger partial charge in [-0.05, 0) is 66.0 Å². The lowest BCUT2D eigenvalue weighted by molar-refractivity contribution is -0.137. The second-order valence-corrected chi connectivity index (χ2v) is 7.91. The average molecular weight is 391 g/mol. The standard InChI is InChI=1S/C23H25N3O3/c1-24-23(29)25-13-14-8-17-6-7-20(12-18(17)9-14)26-22(28)21(27)19-10-15-4-2-3-5-16(15)11-19/h2-7,12,14,19H,8-11,13H2,1H3,(H,26,28)(H2,24,25,29). The summed E-state index contributed by atoms with van der Waals surface area (Å²) < 4.78 is 0. The fourth-order valence-electron chi connectivity index (χ4n) is 4.38. The Morgan fingerprint density at radius 3 is 2.24 bits per heavy atom. The van der Waals surface area contributed by atoms with E-state index in [0.29, 0.717) is 31.0 Å². The first-order valence-corrected chi connectivity index (χ1v) is 10.0. The summed E-state index contributed by atoms with van der Waals surface area (Å²) in [6.07, 6.45) is 3.00. The van der Waals surface area contributed by atoms with Gasteiger partial charge in [0.25, 0.3) is 5.91 Å². The van der Waals surface area contributed by atoms with Crippen LogP contribution in [0.2, 0.25) is 0 Å². The van der Waals surface area contributed by atoms with Crippen LogP contribution in [0.5, 0.6) is 0 Å². The molecule has 2 aromatic rings. The zero-order valence-corrected chi connectivity index (χ0v) is 16.5. The molecule has 4 rings (SSSR count). The summed E-state index contributed by atoms with van der Waals surface area (Å²) in [6.45, 7) is 0.608. The first kappa shape index (κ1) is 19.2. The Bertz CT molecular complexity index is 945. The van der Waals surface area contributed by atoms with Crippen molar-refractivity contribution < 1.29 is 14.4 Å². The number of fused-ring (bicyclic) bond motifs is 2. The fraction of sp³-hybridized carbons (Fsp3) is 0.348. The molecule has 0 fully saturated rings. The molecule has 6 nitrogen and oxygen atoms in total. The molecule has 0 saturated carbocycles. The normalized spacial score (nSPS) is 17.3. The fourth-order valence-corrected chi connectivity index (χ4v) is 4.38. The maximum Gasteiger partial charge on any atom is 0.314 e. The van der Waals surface area contributed by atoms with E-state index < -0.39 is 5.91 Å². The number of hydrogen-bond acceptors (Lipinski definition) is 3. The van der Waals surface area contributed by atoms with Gasteiger partial charge in [0.1, 0.15) is 0 Å². The van der Waals surface area contributed by atoms with E-state index in [0.717, 1.165) is 29.5 Å². The van der Waals surface area contributed by atoms with E-state index in [-0.39, 0.29) is 17.7 Å². The summed E-state index contributed by atoms with van der Waals surface area (Å²) in [4.78, 5) is 36.5. The number of anilines is 1. The molecule has 1 atom stereocenters. The molecule has 2 aliphatic carbocycles. The third-order valence-corrected chi connectivity index (χ3v) is 5.91. The second-order valence-electron chi connectivity index (χ2n) is 7.91. The van der Waals surface area contributed by atoms with E-state index in [1.165, 1.54) is 5.56 Å². The number of benzene rings is 2. The van der Waals surface area contributed by atoms with Crippen molar-refractivity contribution in [3.8, 4) is 0 Å². The van der Waals surface area contributed by atoms with Crippen molar-refractivity contribution in [1.29, 1.82) is 0 Å². The van der Waals surface area contributed by atoms with E-state index in [4.69, 9.17) is 0 Å². The molecule has 1 unspecified atom stereocenters. The zero-order chi connectivity index (χ0) is 20.4. The van der Waals surface area contributed by atoms with E-state index in [9.17, 15) is 14.4 Å². The van der Waals surface area contributed by atoms with Crippen LogP contribution in [0.3, 0.4) is 0 Å². The van der Waals surface area contributed by atoms with Gasteiger partial charge in [-0.25, -0.2) is 4.79 Å². The zero-order valence-electron chi connectivity index (χ0n) is 16.5. The highest BCUT2D eigenvalue weighted by Gasteiger charge is 2.31. The molecule has 2 aromatic carbocycles. The summed E-state index contributed by atoms with van der Waals surface area (Å²) >= 11 is 0. The lowest BCUT2D eigenvalue weighted by Gasteiger charge is -2.10. The van der Waals surface area contributed by atoms with Crippen LogP contribution in [-0.4, -0.2) is 31.3 Å². The molecular weight excluding hydrogens is 366 g/mol. The minimum Gasteiger partial charge on any atom is -0.341 e. The Morgan fingerprint density at radius 2 is 1.55 bits per heavy atom. The number of carbonyl (C=O) groups is 3. The van der Waals surface area contributed by atoms with Gasteiger partial charge in [-0.1, -0.05) is 30.3 Å². The molecule has 0 saturated heterocycles. The summed E-state index contributed by atoms with van der Waals surface area (Å²) in [5.41, 5.74) is 5.36. The predicted octanol–water partition coefficient (Wildman–Crippen LogP) is 2.25. The number of nitrogens with one attached hydrogen (secondary N) is 3. The topological polar surface area (TPSA) is 87.3 Å². The minimum atomic E-state index is -0.543. The van der Waals surface area contributed by atoms with Crippen molar-refractivity contribution >= 4 is 23.4 Å². The Hall–Kier alpha value is -3.15. The third kappa shape index (κ3) is 4.16. The van der Waals surface area contributed by atoms with Crippen LogP contribution in [0.1, 0.15) is 22.3 Å². The number of Topliss-reactive ketones (excluding diaryl/α,β-unsaturated/α-hetero) is 1. The summed E-state index contributed by atoms with van der Waals surface area (Å²) in [6, 6.07) is 13.6. The predicted molar refractivity (Wildman–Crippen MR) is 111 cm³/mol. The quantitative estimate of drug-likeness (QED) is 0.683. The molecule has 0 aliphatic heterocycles. The van der Waals surface area contributed by atoms with E-state index in [1.807, 2.05) is 42.5 Å². The molecule has 0 aromatic heterocycles. The van der Waals surface area contributed by atoms with Crippen LogP contribution >= 0.6 is 0 Å². The first-order valence-electron chi connectivity index (χ1n) is 10.0. The molecular formula is C23H25N3O3. The van der Waals surface area contributed by atoms with Crippen LogP contribution in [0.25, 0.3) is 0 Å². The van der Waals surface area contributed by atoms with Crippen molar-refractivity contribution in [1.82, 2.24) is 10.6 Å². The lowest BCUT2D eigenvalue weighted by Crippen LogP contribution is -2.36. The monoisotopic (exact) mass is 391 g/mol. The summed E-state index contributed by atoms with van der Waals surface area (Å²) in [5.74, 6) is -0.832. The highest BCUT2D eigenvalue weighted by atomic mass is 16.2. The van der Waals surface area contributed by atoms with Gasteiger partial charge < -0.3 is 16.0 Å². The van der Waals surface area contributed by atoms with Gasteiger partial charge in [0.15, 0.2) is 0 Å². The number of urea groups is 1. The number of amides is 3. The van der Waals surface area contributed by atoms with Crippen LogP contribution in [0.15, 0.2) is 42.5 Å². The highest BCUT2D eigenvalue weighted by molar-refractivity contribution is 6.41. The maximum atomic E-state index is 12.6. The van der Waals surface area contributed by atoms with Crippen LogP contribution in [0.4, 0.5) is 10.5 Å². The number of hydrogen-bond donors (Lipinski definition) is 3. The smallest absolute Gasteiger partial charge is 0.314 e. The van der Waals surface area contributed by atoms with Crippen LogP contribution in [-0.2, 0) is 35.3 Å². The summed E-state index contributed by atoms with van der Waals surface area (Å²) in [5, 5.41) is 8.18. The molecule has 3 N–H and O–H groups in total. The molecule has 3 amide bonds. The van der Waals surface area contributed by atoms with Gasteiger partial charge in [0, 0.05) is 25.2 Å². The molecule has 0 heterocycles.